The van der Waals surface area contributed by atoms with E-state index in [1.807, 2.05) is 30.3 Å². The Morgan fingerprint density at radius 2 is 1.76 bits per heavy atom. The van der Waals surface area contributed by atoms with E-state index in [-0.39, 0.29) is 17.4 Å². The van der Waals surface area contributed by atoms with Crippen LogP contribution < -0.4 is 0 Å². The van der Waals surface area contributed by atoms with E-state index < -0.39 is 5.60 Å². The van der Waals surface area contributed by atoms with Gasteiger partial charge in [-0.2, -0.15) is 0 Å². The van der Waals surface area contributed by atoms with E-state index in [9.17, 15) is 15.0 Å². The highest BCUT2D eigenvalue weighted by molar-refractivity contribution is 5.96. The molecule has 0 bridgehead atoms. The number of likely N-dealkylation sites (tertiary alicyclic amines) is 1. The number of carbonyl (C=O) groups excluding carboxylic acids is 1. The average Bonchev–Trinajstić information content (AvgIpc) is 3.06. The fourth-order valence-electron chi connectivity index (χ4n) is 3.41. The van der Waals surface area contributed by atoms with Crippen molar-refractivity contribution < 1.29 is 19.4 Å². The molecule has 2 heterocycles. The van der Waals surface area contributed by atoms with Gasteiger partial charge in [0, 0.05) is 18.5 Å². The summed E-state index contributed by atoms with van der Waals surface area (Å²) in [5.41, 5.74) is 0.567. The molecule has 1 aliphatic rings. The number of phenolic OH excluding ortho intramolecular Hbond substituents is 1. The first-order chi connectivity index (χ1) is 12.0. The summed E-state index contributed by atoms with van der Waals surface area (Å²) in [7, 11) is 0. The minimum absolute atomic E-state index is 0.137. The standard InChI is InChI=1S/C20H19NO4/c22-16-6-7-17-14(12-16)13-18(25-17)19(23)21-10-8-20(24,9-11-21)15-4-2-1-3-5-15/h1-7,12-13,22,24H,8-11H2. The molecule has 1 amide bonds. The van der Waals surface area contributed by atoms with Crippen LogP contribution in [-0.2, 0) is 5.60 Å². The van der Waals surface area contributed by atoms with Crippen molar-refractivity contribution in [2.75, 3.05) is 13.1 Å². The van der Waals surface area contributed by atoms with Gasteiger partial charge in [-0.25, -0.2) is 0 Å². The highest BCUT2D eigenvalue weighted by Gasteiger charge is 2.36. The number of phenols is 1. The molecule has 3 aromatic rings. The number of hydrogen-bond donors (Lipinski definition) is 2. The monoisotopic (exact) mass is 337 g/mol. The summed E-state index contributed by atoms with van der Waals surface area (Å²) in [5, 5.41) is 21.1. The number of fused-ring (bicyclic) bond motifs is 1. The van der Waals surface area contributed by atoms with Crippen LogP contribution in [0.3, 0.4) is 0 Å². The van der Waals surface area contributed by atoms with Gasteiger partial charge in [0.2, 0.25) is 0 Å². The van der Waals surface area contributed by atoms with Gasteiger partial charge in [0.05, 0.1) is 5.60 Å². The molecule has 1 fully saturated rings. The van der Waals surface area contributed by atoms with Crippen molar-refractivity contribution in [1.82, 2.24) is 4.90 Å². The van der Waals surface area contributed by atoms with Gasteiger partial charge in [-0.3, -0.25) is 4.79 Å². The quantitative estimate of drug-likeness (QED) is 0.753. The third-order valence-corrected chi connectivity index (χ3v) is 4.90. The Balaban J connectivity index is 1.50. The molecule has 5 nitrogen and oxygen atoms in total. The fourth-order valence-corrected chi connectivity index (χ4v) is 3.41. The van der Waals surface area contributed by atoms with E-state index in [1.165, 1.54) is 6.07 Å². The summed E-state index contributed by atoms with van der Waals surface area (Å²) in [4.78, 5) is 14.4. The maximum absolute atomic E-state index is 12.7. The number of hydrogen-bond acceptors (Lipinski definition) is 4. The largest absolute Gasteiger partial charge is 0.508 e. The van der Waals surface area contributed by atoms with Gasteiger partial charge in [-0.05, 0) is 42.7 Å². The first kappa shape index (κ1) is 15.7. The number of benzene rings is 2. The molecule has 128 valence electrons. The van der Waals surface area contributed by atoms with Gasteiger partial charge in [0.15, 0.2) is 5.76 Å². The lowest BCUT2D eigenvalue weighted by Gasteiger charge is -2.38. The van der Waals surface area contributed by atoms with Crippen LogP contribution in [0.2, 0.25) is 0 Å². The molecule has 0 atom stereocenters. The van der Waals surface area contributed by atoms with Crippen molar-refractivity contribution in [2.45, 2.75) is 18.4 Å². The van der Waals surface area contributed by atoms with Crippen LogP contribution in [0.15, 0.2) is 59.0 Å². The SMILES string of the molecule is O=C(c1cc2cc(O)ccc2o1)N1CCC(O)(c2ccccc2)CC1. The lowest BCUT2D eigenvalue weighted by Crippen LogP contribution is -2.45. The predicted molar refractivity (Wildman–Crippen MR) is 93.4 cm³/mol. The summed E-state index contributed by atoms with van der Waals surface area (Å²) < 4.78 is 5.61. The second-order valence-electron chi connectivity index (χ2n) is 6.52. The average molecular weight is 337 g/mol. The predicted octanol–water partition coefficient (Wildman–Crippen LogP) is 3.26. The minimum Gasteiger partial charge on any atom is -0.508 e. The second kappa shape index (κ2) is 5.93. The molecule has 1 saturated heterocycles. The number of furan rings is 1. The molecule has 0 saturated carbocycles. The molecular formula is C20H19NO4. The van der Waals surface area contributed by atoms with E-state index >= 15 is 0 Å². The molecular weight excluding hydrogens is 318 g/mol. The highest BCUT2D eigenvalue weighted by Crippen LogP contribution is 2.33. The lowest BCUT2D eigenvalue weighted by atomic mass is 9.84. The number of piperidine rings is 1. The maximum Gasteiger partial charge on any atom is 0.289 e. The normalized spacial score (nSPS) is 16.9. The Labute approximate surface area is 145 Å². The summed E-state index contributed by atoms with van der Waals surface area (Å²) in [6.07, 6.45) is 0.980. The van der Waals surface area contributed by atoms with Crippen LogP contribution >= 0.6 is 0 Å². The van der Waals surface area contributed by atoms with E-state index in [0.717, 1.165) is 5.56 Å². The van der Waals surface area contributed by atoms with Crippen LogP contribution in [0.4, 0.5) is 0 Å². The Morgan fingerprint density at radius 3 is 2.48 bits per heavy atom. The molecule has 2 N–H and O–H groups in total. The first-order valence-electron chi connectivity index (χ1n) is 8.35. The van der Waals surface area contributed by atoms with Crippen LogP contribution in [0, 0.1) is 0 Å². The minimum atomic E-state index is -0.891. The van der Waals surface area contributed by atoms with Crippen molar-refractivity contribution in [2.24, 2.45) is 0 Å². The van der Waals surface area contributed by atoms with Gasteiger partial charge in [-0.1, -0.05) is 30.3 Å². The number of rotatable bonds is 2. The molecule has 1 aliphatic heterocycles. The summed E-state index contributed by atoms with van der Waals surface area (Å²) in [6.45, 7) is 0.930. The second-order valence-corrected chi connectivity index (χ2v) is 6.52. The van der Waals surface area contributed by atoms with Crippen molar-refractivity contribution in [1.29, 1.82) is 0 Å². The smallest absolute Gasteiger partial charge is 0.289 e. The van der Waals surface area contributed by atoms with Crippen molar-refractivity contribution in [3.05, 3.63) is 65.9 Å². The Morgan fingerprint density at radius 1 is 1.04 bits per heavy atom. The van der Waals surface area contributed by atoms with Crippen LogP contribution in [0.1, 0.15) is 29.0 Å². The zero-order chi connectivity index (χ0) is 17.4. The highest BCUT2D eigenvalue weighted by atomic mass is 16.3. The number of amides is 1. The lowest BCUT2D eigenvalue weighted by molar-refractivity contribution is -0.0217. The van der Waals surface area contributed by atoms with Crippen molar-refractivity contribution >= 4 is 16.9 Å². The van der Waals surface area contributed by atoms with E-state index in [0.29, 0.717) is 36.9 Å². The molecule has 1 aromatic heterocycles. The summed E-state index contributed by atoms with van der Waals surface area (Å²) >= 11 is 0. The van der Waals surface area contributed by atoms with Gasteiger partial charge in [-0.15, -0.1) is 0 Å². The van der Waals surface area contributed by atoms with Crippen molar-refractivity contribution in [3.63, 3.8) is 0 Å². The Bertz CT molecular complexity index is 908. The molecule has 0 unspecified atom stereocenters. The van der Waals surface area contributed by atoms with Crippen LogP contribution in [0.25, 0.3) is 11.0 Å². The third-order valence-electron chi connectivity index (χ3n) is 4.90. The molecule has 5 heteroatoms. The maximum atomic E-state index is 12.7. The first-order valence-corrected chi connectivity index (χ1v) is 8.35. The van der Waals surface area contributed by atoms with E-state index in [1.54, 1.807) is 23.1 Å². The Kier molecular flexibility index (Phi) is 3.73. The summed E-state index contributed by atoms with van der Waals surface area (Å²) in [5.74, 6) is 0.203. The molecule has 4 rings (SSSR count). The van der Waals surface area contributed by atoms with E-state index in [4.69, 9.17) is 4.42 Å². The molecule has 0 spiro atoms. The molecule has 25 heavy (non-hydrogen) atoms. The number of aliphatic hydroxyl groups is 1. The van der Waals surface area contributed by atoms with Crippen LogP contribution in [-0.4, -0.2) is 34.1 Å². The van der Waals surface area contributed by atoms with Gasteiger partial charge in [0.25, 0.3) is 5.91 Å². The molecule has 2 aromatic carbocycles. The fraction of sp³-hybridized carbons (Fsp3) is 0.250. The zero-order valence-corrected chi connectivity index (χ0v) is 13.7. The zero-order valence-electron chi connectivity index (χ0n) is 13.7. The molecule has 0 radical (unpaired) electrons. The molecule has 0 aliphatic carbocycles. The van der Waals surface area contributed by atoms with Gasteiger partial charge in [0.1, 0.15) is 11.3 Å². The number of carbonyl (C=O) groups is 1. The van der Waals surface area contributed by atoms with Crippen LogP contribution in [0.5, 0.6) is 5.75 Å². The number of aromatic hydroxyl groups is 1. The van der Waals surface area contributed by atoms with Gasteiger partial charge < -0.3 is 19.5 Å². The Hall–Kier alpha value is -2.79. The topological polar surface area (TPSA) is 73.9 Å². The van der Waals surface area contributed by atoms with Gasteiger partial charge >= 0.3 is 0 Å². The number of nitrogens with zero attached hydrogens (tertiary/aromatic N) is 1. The summed E-state index contributed by atoms with van der Waals surface area (Å²) in [6, 6.07) is 16.0. The third kappa shape index (κ3) is 2.87. The van der Waals surface area contributed by atoms with E-state index in [2.05, 4.69) is 0 Å². The van der Waals surface area contributed by atoms with Crippen molar-refractivity contribution in [3.8, 4) is 5.75 Å².